The van der Waals surface area contributed by atoms with Gasteiger partial charge in [-0.2, -0.15) is 0 Å². The molecule has 1 N–H and O–H groups in total. The molecule has 7 nitrogen and oxygen atoms in total. The Kier molecular flexibility index (Phi) is 4.63. The molecule has 1 atom stereocenters. The van der Waals surface area contributed by atoms with Crippen LogP contribution in [0.4, 0.5) is 11.4 Å². The lowest BCUT2D eigenvalue weighted by Gasteiger charge is -2.17. The predicted octanol–water partition coefficient (Wildman–Crippen LogP) is 3.84. The second kappa shape index (κ2) is 7.46. The Hall–Kier alpha value is -3.39. The van der Waals surface area contributed by atoms with Crippen LogP contribution in [0.1, 0.15) is 11.4 Å². The minimum absolute atomic E-state index is 0.0803. The zero-order valence-electron chi connectivity index (χ0n) is 16.3. The van der Waals surface area contributed by atoms with Crippen LogP contribution < -0.4 is 19.7 Å². The summed E-state index contributed by atoms with van der Waals surface area (Å²) in [6, 6.07) is 12.9. The Bertz CT molecular complexity index is 1130. The number of thiazole rings is 1. The fraction of sp³-hybridized carbons (Fsp3) is 0.227. The van der Waals surface area contributed by atoms with Crippen molar-refractivity contribution in [2.45, 2.75) is 13.3 Å². The molecule has 0 saturated carbocycles. The molecule has 30 heavy (non-hydrogen) atoms. The molecular formula is C22H19N3O4S. The predicted molar refractivity (Wildman–Crippen MR) is 114 cm³/mol. The average Bonchev–Trinajstić information content (AvgIpc) is 3.47. The molecule has 3 heterocycles. The van der Waals surface area contributed by atoms with Gasteiger partial charge in [-0.25, -0.2) is 4.98 Å². The molecule has 1 unspecified atom stereocenters. The van der Waals surface area contributed by atoms with Crippen molar-refractivity contribution >= 4 is 34.5 Å². The monoisotopic (exact) mass is 421 g/mol. The topological polar surface area (TPSA) is 80.8 Å². The zero-order chi connectivity index (χ0) is 20.7. The Morgan fingerprint density at radius 3 is 2.73 bits per heavy atom. The van der Waals surface area contributed by atoms with E-state index in [9.17, 15) is 9.59 Å². The van der Waals surface area contributed by atoms with Gasteiger partial charge in [0.15, 0.2) is 11.5 Å². The molecule has 5 rings (SSSR count). The molecule has 152 valence electrons. The number of fused-ring (bicyclic) bond motifs is 1. The smallest absolute Gasteiger partial charge is 0.231 e. The Morgan fingerprint density at radius 2 is 1.97 bits per heavy atom. The van der Waals surface area contributed by atoms with E-state index in [1.54, 1.807) is 28.4 Å². The Morgan fingerprint density at radius 1 is 1.17 bits per heavy atom. The van der Waals surface area contributed by atoms with E-state index in [4.69, 9.17) is 9.47 Å². The lowest BCUT2D eigenvalue weighted by molar-refractivity contribution is -0.122. The summed E-state index contributed by atoms with van der Waals surface area (Å²) < 4.78 is 10.7. The van der Waals surface area contributed by atoms with E-state index in [-0.39, 0.29) is 25.0 Å². The van der Waals surface area contributed by atoms with Crippen LogP contribution in [0.2, 0.25) is 0 Å². The van der Waals surface area contributed by atoms with Crippen molar-refractivity contribution in [3.8, 4) is 22.8 Å². The van der Waals surface area contributed by atoms with Crippen LogP contribution >= 0.6 is 11.3 Å². The summed E-state index contributed by atoms with van der Waals surface area (Å²) >= 11 is 1.60. The van der Waals surface area contributed by atoms with Gasteiger partial charge in [0.25, 0.3) is 0 Å². The molecule has 2 aliphatic rings. The highest BCUT2D eigenvalue weighted by Gasteiger charge is 2.35. The van der Waals surface area contributed by atoms with E-state index in [1.807, 2.05) is 42.6 Å². The van der Waals surface area contributed by atoms with Crippen molar-refractivity contribution in [1.29, 1.82) is 0 Å². The number of amides is 2. The van der Waals surface area contributed by atoms with Crippen molar-refractivity contribution in [3.63, 3.8) is 0 Å². The fourth-order valence-electron chi connectivity index (χ4n) is 3.65. The van der Waals surface area contributed by atoms with Gasteiger partial charge >= 0.3 is 0 Å². The quantitative estimate of drug-likeness (QED) is 0.692. The minimum atomic E-state index is -0.413. The maximum atomic E-state index is 12.7. The van der Waals surface area contributed by atoms with Gasteiger partial charge < -0.3 is 19.7 Å². The summed E-state index contributed by atoms with van der Waals surface area (Å²) in [4.78, 5) is 31.3. The minimum Gasteiger partial charge on any atom is -0.454 e. The third-order valence-corrected chi connectivity index (χ3v) is 6.00. The molecule has 3 aromatic rings. The first-order chi connectivity index (χ1) is 14.6. The molecule has 1 aromatic heterocycles. The third kappa shape index (κ3) is 3.50. The van der Waals surface area contributed by atoms with Crippen molar-refractivity contribution in [3.05, 3.63) is 52.9 Å². The number of ether oxygens (including phenoxy) is 2. The Labute approximate surface area is 177 Å². The van der Waals surface area contributed by atoms with Gasteiger partial charge in [-0.05, 0) is 31.2 Å². The maximum Gasteiger partial charge on any atom is 0.231 e. The number of anilines is 2. The number of nitrogens with one attached hydrogen (secondary N) is 1. The Balaban J connectivity index is 1.25. The second-order valence-corrected chi connectivity index (χ2v) is 8.32. The molecule has 1 saturated heterocycles. The first kappa shape index (κ1) is 18.6. The molecule has 0 spiro atoms. The summed E-state index contributed by atoms with van der Waals surface area (Å²) in [6.07, 6.45) is 0.177. The van der Waals surface area contributed by atoms with E-state index < -0.39 is 5.92 Å². The van der Waals surface area contributed by atoms with Gasteiger partial charge in [0.2, 0.25) is 18.6 Å². The molecule has 0 bridgehead atoms. The lowest BCUT2D eigenvalue weighted by atomic mass is 10.1. The summed E-state index contributed by atoms with van der Waals surface area (Å²) in [5.74, 6) is 0.621. The van der Waals surface area contributed by atoms with Gasteiger partial charge in [-0.15, -0.1) is 11.3 Å². The number of nitrogens with zero attached hydrogens (tertiary/aromatic N) is 2. The third-order valence-electron chi connectivity index (χ3n) is 5.23. The van der Waals surface area contributed by atoms with E-state index in [2.05, 4.69) is 10.3 Å². The molecule has 2 aliphatic heterocycles. The molecule has 1 fully saturated rings. The van der Waals surface area contributed by atoms with Crippen molar-refractivity contribution in [2.75, 3.05) is 23.6 Å². The van der Waals surface area contributed by atoms with Crippen LogP contribution in [0.3, 0.4) is 0 Å². The van der Waals surface area contributed by atoms with E-state index in [1.165, 1.54) is 0 Å². The number of carbonyl (C=O) groups is 2. The standard InChI is InChI=1S/C22H19N3O4S/c1-13-23-18(11-30-13)14-2-4-16(5-3-14)24-22(27)15-8-21(26)25(10-15)17-6-7-19-20(9-17)29-12-28-19/h2-7,9,11,15H,8,10,12H2,1H3,(H,24,27). The van der Waals surface area contributed by atoms with Gasteiger partial charge in [-0.1, -0.05) is 12.1 Å². The highest BCUT2D eigenvalue weighted by atomic mass is 32.1. The number of hydrogen-bond acceptors (Lipinski definition) is 6. The van der Waals surface area contributed by atoms with Crippen LogP contribution in [0.25, 0.3) is 11.3 Å². The molecule has 2 amide bonds. The summed E-state index contributed by atoms with van der Waals surface area (Å²) in [5, 5.41) is 5.95. The van der Waals surface area contributed by atoms with E-state index in [0.717, 1.165) is 16.3 Å². The SMILES string of the molecule is Cc1nc(-c2ccc(NC(=O)C3CC(=O)N(c4ccc5c(c4)OCO5)C3)cc2)cs1. The first-order valence-electron chi connectivity index (χ1n) is 9.60. The van der Waals surface area contributed by atoms with Crippen LogP contribution in [-0.2, 0) is 9.59 Å². The van der Waals surface area contributed by atoms with Crippen molar-refractivity contribution < 1.29 is 19.1 Å². The normalized spacial score (nSPS) is 17.4. The van der Waals surface area contributed by atoms with Crippen molar-refractivity contribution in [2.24, 2.45) is 5.92 Å². The molecule has 8 heteroatoms. The lowest BCUT2D eigenvalue weighted by Crippen LogP contribution is -2.28. The van der Waals surface area contributed by atoms with Crippen LogP contribution in [0.15, 0.2) is 47.8 Å². The van der Waals surface area contributed by atoms with Crippen LogP contribution in [0.5, 0.6) is 11.5 Å². The largest absolute Gasteiger partial charge is 0.454 e. The fourth-order valence-corrected chi connectivity index (χ4v) is 4.27. The second-order valence-electron chi connectivity index (χ2n) is 7.26. The van der Waals surface area contributed by atoms with E-state index >= 15 is 0 Å². The average molecular weight is 421 g/mol. The van der Waals surface area contributed by atoms with Gasteiger partial charge in [0.05, 0.1) is 16.6 Å². The summed E-state index contributed by atoms with van der Waals surface area (Å²) in [5.41, 5.74) is 3.34. The number of hydrogen-bond donors (Lipinski definition) is 1. The number of carbonyl (C=O) groups excluding carboxylic acids is 2. The molecule has 2 aromatic carbocycles. The number of rotatable bonds is 4. The van der Waals surface area contributed by atoms with E-state index in [0.29, 0.717) is 29.4 Å². The van der Waals surface area contributed by atoms with Gasteiger partial charge in [0, 0.05) is 41.4 Å². The highest BCUT2D eigenvalue weighted by molar-refractivity contribution is 7.09. The number of aryl methyl sites for hydroxylation is 1. The molecule has 0 aliphatic carbocycles. The highest BCUT2D eigenvalue weighted by Crippen LogP contribution is 2.37. The maximum absolute atomic E-state index is 12.7. The zero-order valence-corrected chi connectivity index (χ0v) is 17.1. The van der Waals surface area contributed by atoms with Crippen molar-refractivity contribution in [1.82, 2.24) is 4.98 Å². The van der Waals surface area contributed by atoms with Gasteiger partial charge in [-0.3, -0.25) is 9.59 Å². The summed E-state index contributed by atoms with van der Waals surface area (Å²) in [7, 11) is 0. The van der Waals surface area contributed by atoms with Gasteiger partial charge in [0.1, 0.15) is 0 Å². The number of aromatic nitrogens is 1. The molecular weight excluding hydrogens is 402 g/mol. The summed E-state index contributed by atoms with van der Waals surface area (Å²) in [6.45, 7) is 2.48. The van der Waals surface area contributed by atoms with Crippen LogP contribution in [0, 0.1) is 12.8 Å². The van der Waals surface area contributed by atoms with Crippen LogP contribution in [-0.4, -0.2) is 30.1 Å². The first-order valence-corrected chi connectivity index (χ1v) is 10.5. The molecule has 0 radical (unpaired) electrons. The number of benzene rings is 2.